The first kappa shape index (κ1) is 21.2. The van der Waals surface area contributed by atoms with E-state index in [2.05, 4.69) is 52.5 Å². The third kappa shape index (κ3) is 6.97. The van der Waals surface area contributed by atoms with Gasteiger partial charge in [0.05, 0.1) is 0 Å². The van der Waals surface area contributed by atoms with Crippen molar-refractivity contribution in [2.45, 2.75) is 38.5 Å². The molecule has 24 heavy (non-hydrogen) atoms. The number of hydrogen-bond donors (Lipinski definition) is 1. The Labute approximate surface area is 164 Å². The SMILES string of the molecule is CCCCOCCCNC(=NC)N1CCC(c2ccccc2)C1.I. The van der Waals surface area contributed by atoms with Gasteiger partial charge in [-0.1, -0.05) is 43.7 Å². The zero-order valence-electron chi connectivity index (χ0n) is 15.0. The van der Waals surface area contributed by atoms with Crippen LogP contribution < -0.4 is 5.32 Å². The van der Waals surface area contributed by atoms with Crippen LogP contribution in [0.2, 0.25) is 0 Å². The van der Waals surface area contributed by atoms with Crippen LogP contribution >= 0.6 is 24.0 Å². The second-order valence-electron chi connectivity index (χ2n) is 6.14. The lowest BCUT2D eigenvalue weighted by Gasteiger charge is -2.21. The molecule has 0 bridgehead atoms. The number of ether oxygens (including phenoxy) is 1. The van der Waals surface area contributed by atoms with Gasteiger partial charge in [-0.3, -0.25) is 4.99 Å². The van der Waals surface area contributed by atoms with Gasteiger partial charge in [-0.25, -0.2) is 0 Å². The Kier molecular flexibility index (Phi) is 11.1. The fourth-order valence-electron chi connectivity index (χ4n) is 3.01. The predicted molar refractivity (Wildman–Crippen MR) is 112 cm³/mol. The molecule has 2 rings (SSSR count). The second kappa shape index (κ2) is 12.5. The standard InChI is InChI=1S/C19H31N3O.HI/c1-3-4-14-23-15-8-12-21-19(20-2)22-13-11-18(16-22)17-9-6-5-7-10-17;/h5-7,9-10,18H,3-4,8,11-16H2,1-2H3,(H,20,21);1H. The van der Waals surface area contributed by atoms with E-state index in [-0.39, 0.29) is 24.0 Å². The molecule has 0 aliphatic carbocycles. The summed E-state index contributed by atoms with van der Waals surface area (Å²) in [7, 11) is 1.87. The summed E-state index contributed by atoms with van der Waals surface area (Å²) < 4.78 is 5.60. The molecular formula is C19H32IN3O. The predicted octanol–water partition coefficient (Wildman–Crippen LogP) is 3.88. The van der Waals surface area contributed by atoms with Gasteiger partial charge in [-0.15, -0.1) is 24.0 Å². The molecule has 5 heteroatoms. The number of nitrogens with one attached hydrogen (secondary N) is 1. The minimum atomic E-state index is 0. The summed E-state index contributed by atoms with van der Waals surface area (Å²) in [6, 6.07) is 10.8. The molecule has 1 atom stereocenters. The maximum atomic E-state index is 5.60. The summed E-state index contributed by atoms with van der Waals surface area (Å²) in [4.78, 5) is 6.81. The summed E-state index contributed by atoms with van der Waals surface area (Å²) in [5.74, 6) is 1.64. The lowest BCUT2D eigenvalue weighted by atomic mass is 9.99. The molecule has 0 amide bonds. The van der Waals surface area contributed by atoms with Crippen molar-refractivity contribution in [2.24, 2.45) is 4.99 Å². The van der Waals surface area contributed by atoms with E-state index in [4.69, 9.17) is 4.74 Å². The van der Waals surface area contributed by atoms with Crippen LogP contribution in [0.4, 0.5) is 0 Å². The van der Waals surface area contributed by atoms with Crippen molar-refractivity contribution in [1.82, 2.24) is 10.2 Å². The van der Waals surface area contributed by atoms with E-state index in [1.165, 1.54) is 18.4 Å². The average molecular weight is 445 g/mol. The van der Waals surface area contributed by atoms with Crippen LogP contribution in [0.1, 0.15) is 44.1 Å². The van der Waals surface area contributed by atoms with Crippen molar-refractivity contribution in [3.8, 4) is 0 Å². The molecule has 1 aromatic carbocycles. The first-order chi connectivity index (χ1) is 11.3. The quantitative estimate of drug-likeness (QED) is 0.286. The smallest absolute Gasteiger partial charge is 0.193 e. The number of rotatable bonds is 8. The van der Waals surface area contributed by atoms with Crippen molar-refractivity contribution in [1.29, 1.82) is 0 Å². The largest absolute Gasteiger partial charge is 0.381 e. The van der Waals surface area contributed by atoms with Crippen LogP contribution in [0.3, 0.4) is 0 Å². The monoisotopic (exact) mass is 445 g/mol. The number of unbranched alkanes of at least 4 members (excludes halogenated alkanes) is 1. The van der Waals surface area contributed by atoms with Crippen LogP contribution in [0.25, 0.3) is 0 Å². The minimum Gasteiger partial charge on any atom is -0.381 e. The molecule has 1 N–H and O–H groups in total. The van der Waals surface area contributed by atoms with E-state index in [1.807, 2.05) is 7.05 Å². The van der Waals surface area contributed by atoms with Crippen molar-refractivity contribution >= 4 is 29.9 Å². The molecular weight excluding hydrogens is 413 g/mol. The molecule has 1 saturated heterocycles. The lowest BCUT2D eigenvalue weighted by Crippen LogP contribution is -2.40. The van der Waals surface area contributed by atoms with E-state index in [0.717, 1.165) is 51.6 Å². The van der Waals surface area contributed by atoms with Gasteiger partial charge in [0.2, 0.25) is 0 Å². The fourth-order valence-corrected chi connectivity index (χ4v) is 3.01. The second-order valence-corrected chi connectivity index (χ2v) is 6.14. The zero-order chi connectivity index (χ0) is 16.3. The number of halogens is 1. The average Bonchev–Trinajstić information content (AvgIpc) is 3.08. The van der Waals surface area contributed by atoms with E-state index >= 15 is 0 Å². The first-order valence-electron chi connectivity index (χ1n) is 8.93. The Bertz CT molecular complexity index is 467. The number of nitrogens with zero attached hydrogens (tertiary/aromatic N) is 2. The van der Waals surface area contributed by atoms with Gasteiger partial charge < -0.3 is 15.0 Å². The molecule has 1 aliphatic heterocycles. The number of likely N-dealkylation sites (tertiary alicyclic amines) is 1. The van der Waals surface area contributed by atoms with E-state index in [9.17, 15) is 0 Å². The molecule has 1 aliphatic rings. The van der Waals surface area contributed by atoms with Crippen LogP contribution in [0.15, 0.2) is 35.3 Å². The molecule has 136 valence electrons. The highest BCUT2D eigenvalue weighted by molar-refractivity contribution is 14.0. The van der Waals surface area contributed by atoms with Crippen LogP contribution in [-0.2, 0) is 4.74 Å². The Morgan fingerprint density at radius 3 is 2.71 bits per heavy atom. The van der Waals surface area contributed by atoms with Gasteiger partial charge in [0, 0.05) is 45.8 Å². The maximum absolute atomic E-state index is 5.60. The lowest BCUT2D eigenvalue weighted by molar-refractivity contribution is 0.129. The molecule has 1 fully saturated rings. The summed E-state index contributed by atoms with van der Waals surface area (Å²) >= 11 is 0. The number of guanidine groups is 1. The topological polar surface area (TPSA) is 36.9 Å². The van der Waals surface area contributed by atoms with Crippen molar-refractivity contribution < 1.29 is 4.74 Å². The molecule has 0 radical (unpaired) electrons. The van der Waals surface area contributed by atoms with Gasteiger partial charge in [0.25, 0.3) is 0 Å². The maximum Gasteiger partial charge on any atom is 0.193 e. The number of benzene rings is 1. The van der Waals surface area contributed by atoms with Gasteiger partial charge in [-0.05, 0) is 24.8 Å². The Morgan fingerprint density at radius 2 is 2.00 bits per heavy atom. The van der Waals surface area contributed by atoms with Crippen molar-refractivity contribution in [3.63, 3.8) is 0 Å². The minimum absolute atomic E-state index is 0. The normalized spacial score (nSPS) is 17.7. The van der Waals surface area contributed by atoms with E-state index in [0.29, 0.717) is 5.92 Å². The zero-order valence-corrected chi connectivity index (χ0v) is 17.4. The van der Waals surface area contributed by atoms with Crippen LogP contribution in [0.5, 0.6) is 0 Å². The first-order valence-corrected chi connectivity index (χ1v) is 8.93. The molecule has 1 unspecified atom stereocenters. The van der Waals surface area contributed by atoms with Crippen LogP contribution in [-0.4, -0.2) is 50.8 Å². The number of aliphatic imine (C=N–C) groups is 1. The molecule has 0 saturated carbocycles. The summed E-state index contributed by atoms with van der Waals surface area (Å²) in [5, 5.41) is 3.47. The highest BCUT2D eigenvalue weighted by atomic mass is 127. The fraction of sp³-hybridized carbons (Fsp3) is 0.632. The molecule has 1 heterocycles. The summed E-state index contributed by atoms with van der Waals surface area (Å²) in [6.07, 6.45) is 4.58. The van der Waals surface area contributed by atoms with Crippen LogP contribution in [0, 0.1) is 0 Å². The summed E-state index contributed by atoms with van der Waals surface area (Å²) in [6.45, 7) is 6.95. The van der Waals surface area contributed by atoms with Crippen molar-refractivity contribution in [3.05, 3.63) is 35.9 Å². The Morgan fingerprint density at radius 1 is 1.25 bits per heavy atom. The molecule has 0 spiro atoms. The Balaban J connectivity index is 0.00000288. The molecule has 4 nitrogen and oxygen atoms in total. The number of hydrogen-bond acceptors (Lipinski definition) is 2. The molecule has 1 aromatic rings. The van der Waals surface area contributed by atoms with Gasteiger partial charge in [0.1, 0.15) is 0 Å². The highest BCUT2D eigenvalue weighted by Gasteiger charge is 2.25. The van der Waals surface area contributed by atoms with Crippen molar-refractivity contribution in [2.75, 3.05) is 39.9 Å². The third-order valence-electron chi connectivity index (χ3n) is 4.36. The third-order valence-corrected chi connectivity index (χ3v) is 4.36. The van der Waals surface area contributed by atoms with E-state index < -0.39 is 0 Å². The molecule has 0 aromatic heterocycles. The summed E-state index contributed by atoms with van der Waals surface area (Å²) in [5.41, 5.74) is 1.44. The Hall–Kier alpha value is -0.820. The van der Waals surface area contributed by atoms with Gasteiger partial charge >= 0.3 is 0 Å². The highest BCUT2D eigenvalue weighted by Crippen LogP contribution is 2.26. The van der Waals surface area contributed by atoms with Gasteiger partial charge in [-0.2, -0.15) is 0 Å². The van der Waals surface area contributed by atoms with E-state index in [1.54, 1.807) is 0 Å². The van der Waals surface area contributed by atoms with Gasteiger partial charge in [0.15, 0.2) is 5.96 Å².